The Hall–Kier alpha value is -1.80. The SMILES string of the molecule is O=CC(Nc1ccccc1)c1ccc(Cl)cc1. The highest BCUT2D eigenvalue weighted by Crippen LogP contribution is 2.19. The van der Waals surface area contributed by atoms with E-state index in [-0.39, 0.29) is 6.04 Å². The first kappa shape index (κ1) is 11.7. The molecular formula is C14H12ClNO. The predicted molar refractivity (Wildman–Crippen MR) is 70.3 cm³/mol. The van der Waals surface area contributed by atoms with Crippen LogP contribution in [-0.2, 0) is 4.79 Å². The molecule has 0 saturated carbocycles. The highest BCUT2D eigenvalue weighted by Gasteiger charge is 2.09. The molecule has 2 aromatic carbocycles. The molecular weight excluding hydrogens is 234 g/mol. The van der Waals surface area contributed by atoms with Crippen molar-refractivity contribution in [3.63, 3.8) is 0 Å². The molecule has 86 valence electrons. The minimum Gasteiger partial charge on any atom is -0.372 e. The van der Waals surface area contributed by atoms with Crippen LogP contribution in [0, 0.1) is 0 Å². The molecule has 0 amide bonds. The molecule has 2 aromatic rings. The van der Waals surface area contributed by atoms with Crippen molar-refractivity contribution in [2.24, 2.45) is 0 Å². The fraction of sp³-hybridized carbons (Fsp3) is 0.0714. The predicted octanol–water partition coefficient (Wildman–Crippen LogP) is 3.69. The summed E-state index contributed by atoms with van der Waals surface area (Å²) in [7, 11) is 0. The van der Waals surface area contributed by atoms with Crippen molar-refractivity contribution in [2.45, 2.75) is 6.04 Å². The Balaban J connectivity index is 2.17. The van der Waals surface area contributed by atoms with Crippen molar-refractivity contribution >= 4 is 23.6 Å². The third-order valence-corrected chi connectivity index (χ3v) is 2.71. The van der Waals surface area contributed by atoms with Crippen molar-refractivity contribution in [3.8, 4) is 0 Å². The van der Waals surface area contributed by atoms with Crippen LogP contribution in [0.1, 0.15) is 11.6 Å². The number of hydrogen-bond donors (Lipinski definition) is 1. The summed E-state index contributed by atoms with van der Waals surface area (Å²) < 4.78 is 0. The monoisotopic (exact) mass is 245 g/mol. The number of hydrogen-bond acceptors (Lipinski definition) is 2. The summed E-state index contributed by atoms with van der Waals surface area (Å²) in [6.45, 7) is 0. The fourth-order valence-corrected chi connectivity index (χ4v) is 1.71. The van der Waals surface area contributed by atoms with E-state index in [9.17, 15) is 4.79 Å². The number of aldehydes is 1. The van der Waals surface area contributed by atoms with Gasteiger partial charge >= 0.3 is 0 Å². The highest BCUT2D eigenvalue weighted by atomic mass is 35.5. The molecule has 0 saturated heterocycles. The van der Waals surface area contributed by atoms with Gasteiger partial charge in [-0.05, 0) is 29.8 Å². The second-order valence-corrected chi connectivity index (χ2v) is 4.11. The molecule has 0 radical (unpaired) electrons. The van der Waals surface area contributed by atoms with Crippen LogP contribution < -0.4 is 5.32 Å². The lowest BCUT2D eigenvalue weighted by molar-refractivity contribution is -0.108. The van der Waals surface area contributed by atoms with Crippen molar-refractivity contribution in [2.75, 3.05) is 5.32 Å². The van der Waals surface area contributed by atoms with Gasteiger partial charge in [-0.25, -0.2) is 0 Å². The molecule has 0 fully saturated rings. The summed E-state index contributed by atoms with van der Waals surface area (Å²) in [6.07, 6.45) is 0.885. The Kier molecular flexibility index (Phi) is 3.78. The van der Waals surface area contributed by atoms with E-state index in [1.165, 1.54) is 0 Å². The van der Waals surface area contributed by atoms with Gasteiger partial charge in [0.1, 0.15) is 12.3 Å². The lowest BCUT2D eigenvalue weighted by Gasteiger charge is -2.14. The number of anilines is 1. The van der Waals surface area contributed by atoms with Crippen LogP contribution in [0.25, 0.3) is 0 Å². The molecule has 0 heterocycles. The average Bonchev–Trinajstić information content (AvgIpc) is 2.38. The molecule has 0 aliphatic rings. The number of nitrogens with one attached hydrogen (secondary N) is 1. The van der Waals surface area contributed by atoms with Gasteiger partial charge in [-0.1, -0.05) is 41.9 Å². The smallest absolute Gasteiger partial charge is 0.146 e. The van der Waals surface area contributed by atoms with E-state index < -0.39 is 0 Å². The van der Waals surface area contributed by atoms with E-state index >= 15 is 0 Å². The van der Waals surface area contributed by atoms with Crippen molar-refractivity contribution in [3.05, 3.63) is 65.2 Å². The van der Waals surface area contributed by atoms with E-state index in [1.54, 1.807) is 12.1 Å². The maximum atomic E-state index is 11.1. The van der Waals surface area contributed by atoms with Gasteiger partial charge < -0.3 is 10.1 Å². The molecule has 3 heteroatoms. The van der Waals surface area contributed by atoms with Crippen LogP contribution in [0.3, 0.4) is 0 Å². The molecule has 0 aliphatic heterocycles. The summed E-state index contributed by atoms with van der Waals surface area (Å²) in [5.74, 6) is 0. The Morgan fingerprint density at radius 3 is 2.24 bits per heavy atom. The first-order valence-corrected chi connectivity index (χ1v) is 5.70. The van der Waals surface area contributed by atoms with E-state index in [0.717, 1.165) is 17.5 Å². The summed E-state index contributed by atoms with van der Waals surface area (Å²) in [6, 6.07) is 16.5. The molecule has 1 unspecified atom stereocenters. The Morgan fingerprint density at radius 1 is 1.00 bits per heavy atom. The highest BCUT2D eigenvalue weighted by molar-refractivity contribution is 6.30. The van der Waals surface area contributed by atoms with Gasteiger partial charge in [0.05, 0.1) is 0 Å². The van der Waals surface area contributed by atoms with Gasteiger partial charge in [0.25, 0.3) is 0 Å². The molecule has 0 aliphatic carbocycles. The van der Waals surface area contributed by atoms with E-state index in [1.807, 2.05) is 42.5 Å². The minimum absolute atomic E-state index is 0.352. The van der Waals surface area contributed by atoms with Crippen molar-refractivity contribution < 1.29 is 4.79 Å². The zero-order valence-corrected chi connectivity index (χ0v) is 9.89. The zero-order chi connectivity index (χ0) is 12.1. The molecule has 17 heavy (non-hydrogen) atoms. The number of halogens is 1. The Bertz CT molecular complexity index is 481. The van der Waals surface area contributed by atoms with E-state index in [4.69, 9.17) is 11.6 Å². The van der Waals surface area contributed by atoms with Gasteiger partial charge in [-0.15, -0.1) is 0 Å². The zero-order valence-electron chi connectivity index (χ0n) is 9.14. The quantitative estimate of drug-likeness (QED) is 0.833. The van der Waals surface area contributed by atoms with Gasteiger partial charge in [-0.3, -0.25) is 0 Å². The summed E-state index contributed by atoms with van der Waals surface area (Å²) >= 11 is 5.81. The number of carbonyl (C=O) groups is 1. The largest absolute Gasteiger partial charge is 0.372 e. The van der Waals surface area contributed by atoms with E-state index in [2.05, 4.69) is 5.32 Å². The maximum absolute atomic E-state index is 11.1. The topological polar surface area (TPSA) is 29.1 Å². The van der Waals surface area contributed by atoms with Gasteiger partial charge in [0.15, 0.2) is 0 Å². The van der Waals surface area contributed by atoms with Gasteiger partial charge in [-0.2, -0.15) is 0 Å². The van der Waals surface area contributed by atoms with Crippen LogP contribution in [-0.4, -0.2) is 6.29 Å². The molecule has 0 bridgehead atoms. The number of para-hydroxylation sites is 1. The second kappa shape index (κ2) is 5.51. The third kappa shape index (κ3) is 3.08. The van der Waals surface area contributed by atoms with Crippen molar-refractivity contribution in [1.82, 2.24) is 0 Å². The fourth-order valence-electron chi connectivity index (χ4n) is 1.58. The summed E-state index contributed by atoms with van der Waals surface area (Å²) in [4.78, 5) is 11.1. The maximum Gasteiger partial charge on any atom is 0.146 e. The summed E-state index contributed by atoms with van der Waals surface area (Å²) in [5, 5.41) is 3.82. The minimum atomic E-state index is -0.352. The van der Waals surface area contributed by atoms with Crippen molar-refractivity contribution in [1.29, 1.82) is 0 Å². The Morgan fingerprint density at radius 2 is 1.65 bits per heavy atom. The molecule has 0 spiro atoms. The van der Waals surface area contributed by atoms with Gasteiger partial charge in [0, 0.05) is 10.7 Å². The molecule has 2 nitrogen and oxygen atoms in total. The lowest BCUT2D eigenvalue weighted by Crippen LogP contribution is -2.11. The second-order valence-electron chi connectivity index (χ2n) is 3.68. The van der Waals surface area contributed by atoms with Crippen LogP contribution >= 0.6 is 11.6 Å². The lowest BCUT2D eigenvalue weighted by atomic mass is 10.1. The first-order valence-electron chi connectivity index (χ1n) is 5.32. The summed E-state index contributed by atoms with van der Waals surface area (Å²) in [5.41, 5.74) is 1.81. The van der Waals surface area contributed by atoms with E-state index in [0.29, 0.717) is 5.02 Å². The standard InChI is InChI=1S/C14H12ClNO/c15-12-8-6-11(7-9-12)14(10-17)16-13-4-2-1-3-5-13/h1-10,14,16H. The molecule has 1 N–H and O–H groups in total. The molecule has 2 rings (SSSR count). The normalized spacial score (nSPS) is 11.8. The third-order valence-electron chi connectivity index (χ3n) is 2.46. The molecule has 0 aromatic heterocycles. The first-order chi connectivity index (χ1) is 8.29. The average molecular weight is 246 g/mol. The van der Waals surface area contributed by atoms with Crippen LogP contribution in [0.2, 0.25) is 5.02 Å². The number of benzene rings is 2. The number of rotatable bonds is 4. The van der Waals surface area contributed by atoms with Gasteiger partial charge in [0.2, 0.25) is 0 Å². The van der Waals surface area contributed by atoms with Crippen LogP contribution in [0.15, 0.2) is 54.6 Å². The number of carbonyl (C=O) groups excluding carboxylic acids is 1. The Labute approximate surface area is 105 Å². The molecule has 1 atom stereocenters. The van der Waals surface area contributed by atoms with Crippen LogP contribution in [0.4, 0.5) is 5.69 Å². The van der Waals surface area contributed by atoms with Crippen LogP contribution in [0.5, 0.6) is 0 Å².